The lowest BCUT2D eigenvalue weighted by atomic mass is 9.80. The first-order chi connectivity index (χ1) is 10.8. The second-order valence-electron chi connectivity index (χ2n) is 7.23. The number of fused-ring (bicyclic) bond motifs is 1. The van der Waals surface area contributed by atoms with E-state index in [-0.39, 0.29) is 25.5 Å². The quantitative estimate of drug-likeness (QED) is 0.758. The van der Waals surface area contributed by atoms with E-state index >= 15 is 0 Å². The first-order valence-electron chi connectivity index (χ1n) is 8.93. The van der Waals surface area contributed by atoms with Gasteiger partial charge in [0.05, 0.1) is 5.41 Å². The highest BCUT2D eigenvalue weighted by atomic mass is 19.4. The predicted octanol–water partition coefficient (Wildman–Crippen LogP) is 4.58. The number of nitrogens with zero attached hydrogens (tertiary/aromatic N) is 1. The summed E-state index contributed by atoms with van der Waals surface area (Å²) >= 11 is 0. The molecule has 0 radical (unpaired) electrons. The smallest absolute Gasteiger partial charge is 0.338 e. The van der Waals surface area contributed by atoms with Crippen molar-refractivity contribution in [3.8, 4) is 0 Å². The highest BCUT2D eigenvalue weighted by Gasteiger charge is 2.65. The minimum Gasteiger partial charge on any atom is -0.338 e. The van der Waals surface area contributed by atoms with Crippen LogP contribution in [0, 0.1) is 17.3 Å². The van der Waals surface area contributed by atoms with E-state index in [1.54, 1.807) is 0 Å². The van der Waals surface area contributed by atoms with Crippen LogP contribution in [0.5, 0.6) is 0 Å². The Labute approximate surface area is 137 Å². The van der Waals surface area contributed by atoms with Crippen molar-refractivity contribution >= 4 is 6.03 Å². The van der Waals surface area contributed by atoms with Crippen molar-refractivity contribution in [1.82, 2.24) is 10.2 Å². The molecule has 0 spiro atoms. The summed E-state index contributed by atoms with van der Waals surface area (Å²) in [4.78, 5) is 13.7. The van der Waals surface area contributed by atoms with Gasteiger partial charge in [-0.1, -0.05) is 39.5 Å². The van der Waals surface area contributed by atoms with Crippen LogP contribution in [0.4, 0.5) is 18.0 Å². The summed E-state index contributed by atoms with van der Waals surface area (Å²) in [7, 11) is 0. The van der Waals surface area contributed by atoms with Gasteiger partial charge in [-0.3, -0.25) is 0 Å². The SMILES string of the molecule is CCCCC(CC)CNC(=O)N1C[C@@H]2CCC[C@]2(C(F)(F)F)C1. The summed E-state index contributed by atoms with van der Waals surface area (Å²) in [6.07, 6.45) is 1.43. The first-order valence-corrected chi connectivity index (χ1v) is 8.93. The molecule has 23 heavy (non-hydrogen) atoms. The van der Waals surface area contributed by atoms with Gasteiger partial charge >= 0.3 is 12.2 Å². The molecule has 134 valence electrons. The summed E-state index contributed by atoms with van der Waals surface area (Å²) in [6.45, 7) is 4.86. The van der Waals surface area contributed by atoms with Crippen LogP contribution in [0.25, 0.3) is 0 Å². The molecule has 2 aliphatic rings. The Morgan fingerprint density at radius 2 is 2.13 bits per heavy atom. The molecule has 2 rings (SSSR count). The Balaban J connectivity index is 1.90. The first kappa shape index (κ1) is 18.4. The molecule has 1 saturated carbocycles. The molecule has 0 aromatic carbocycles. The predicted molar refractivity (Wildman–Crippen MR) is 84.1 cm³/mol. The van der Waals surface area contributed by atoms with E-state index in [9.17, 15) is 18.0 Å². The third-order valence-corrected chi connectivity index (χ3v) is 5.81. The molecule has 2 fully saturated rings. The summed E-state index contributed by atoms with van der Waals surface area (Å²) in [5.41, 5.74) is -1.66. The summed E-state index contributed by atoms with van der Waals surface area (Å²) in [5.74, 6) is -0.00658. The van der Waals surface area contributed by atoms with E-state index in [2.05, 4.69) is 19.2 Å². The van der Waals surface area contributed by atoms with E-state index in [4.69, 9.17) is 0 Å². The van der Waals surface area contributed by atoms with Gasteiger partial charge in [0.1, 0.15) is 0 Å². The van der Waals surface area contributed by atoms with E-state index in [0.29, 0.717) is 25.3 Å². The lowest BCUT2D eigenvalue weighted by Crippen LogP contribution is -2.45. The number of likely N-dealkylation sites (tertiary alicyclic amines) is 1. The van der Waals surface area contributed by atoms with Crippen molar-refractivity contribution in [2.24, 2.45) is 17.3 Å². The number of urea groups is 1. The zero-order valence-corrected chi connectivity index (χ0v) is 14.2. The molecule has 0 bridgehead atoms. The highest BCUT2D eigenvalue weighted by molar-refractivity contribution is 5.74. The van der Waals surface area contributed by atoms with E-state index in [0.717, 1.165) is 25.7 Å². The maximum absolute atomic E-state index is 13.5. The van der Waals surface area contributed by atoms with Gasteiger partial charge in [-0.25, -0.2) is 4.79 Å². The number of alkyl halides is 3. The average Bonchev–Trinajstić information content (AvgIpc) is 3.04. The largest absolute Gasteiger partial charge is 0.396 e. The number of hydrogen-bond donors (Lipinski definition) is 1. The van der Waals surface area contributed by atoms with Gasteiger partial charge < -0.3 is 10.2 Å². The monoisotopic (exact) mass is 334 g/mol. The number of carbonyl (C=O) groups excluding carboxylic acids is 1. The molecule has 3 nitrogen and oxygen atoms in total. The van der Waals surface area contributed by atoms with E-state index in [1.165, 1.54) is 4.90 Å². The van der Waals surface area contributed by atoms with Crippen LogP contribution < -0.4 is 5.32 Å². The molecule has 1 unspecified atom stereocenters. The Hall–Kier alpha value is -0.940. The number of amides is 2. The number of halogens is 3. The molecule has 1 aliphatic heterocycles. The fraction of sp³-hybridized carbons (Fsp3) is 0.941. The molecule has 1 heterocycles. The average molecular weight is 334 g/mol. The molecule has 1 aliphatic carbocycles. The molecule has 0 aromatic heterocycles. The summed E-state index contributed by atoms with van der Waals surface area (Å²) in [6, 6.07) is -0.321. The van der Waals surface area contributed by atoms with Crippen LogP contribution in [-0.2, 0) is 0 Å². The Bertz CT molecular complexity index is 413. The van der Waals surface area contributed by atoms with Gasteiger partial charge in [0, 0.05) is 19.6 Å². The topological polar surface area (TPSA) is 32.3 Å². The third-order valence-electron chi connectivity index (χ3n) is 5.81. The van der Waals surface area contributed by atoms with Gasteiger partial charge in [-0.15, -0.1) is 0 Å². The van der Waals surface area contributed by atoms with E-state index < -0.39 is 17.5 Å². The number of hydrogen-bond acceptors (Lipinski definition) is 1. The van der Waals surface area contributed by atoms with Crippen LogP contribution in [-0.4, -0.2) is 36.7 Å². The van der Waals surface area contributed by atoms with Crippen molar-refractivity contribution < 1.29 is 18.0 Å². The fourth-order valence-corrected chi connectivity index (χ4v) is 4.19. The van der Waals surface area contributed by atoms with Crippen molar-refractivity contribution in [3.05, 3.63) is 0 Å². The zero-order valence-electron chi connectivity index (χ0n) is 14.2. The van der Waals surface area contributed by atoms with Crippen LogP contribution in [0.3, 0.4) is 0 Å². The Morgan fingerprint density at radius 3 is 2.70 bits per heavy atom. The van der Waals surface area contributed by atoms with Gasteiger partial charge in [-0.2, -0.15) is 13.2 Å². The summed E-state index contributed by atoms with van der Waals surface area (Å²) < 4.78 is 40.5. The number of rotatable bonds is 6. The minimum atomic E-state index is -4.21. The van der Waals surface area contributed by atoms with Gasteiger partial charge in [-0.05, 0) is 31.1 Å². The molecular weight excluding hydrogens is 305 g/mol. The number of carbonyl (C=O) groups is 1. The zero-order chi connectivity index (χ0) is 17.1. The lowest BCUT2D eigenvalue weighted by Gasteiger charge is -2.31. The lowest BCUT2D eigenvalue weighted by molar-refractivity contribution is -0.226. The standard InChI is InChI=1S/C17H29F3N2O/c1-3-5-7-13(4-2)10-21-15(23)22-11-14-8-6-9-16(14,12-22)17(18,19)20/h13-14H,3-12H2,1-2H3,(H,21,23)/t13?,14-,16-/m0/s1. The van der Waals surface area contributed by atoms with Crippen molar-refractivity contribution in [3.63, 3.8) is 0 Å². The molecule has 3 atom stereocenters. The molecule has 2 amide bonds. The van der Waals surface area contributed by atoms with Crippen molar-refractivity contribution in [2.75, 3.05) is 19.6 Å². The van der Waals surface area contributed by atoms with Gasteiger partial charge in [0.25, 0.3) is 0 Å². The maximum Gasteiger partial charge on any atom is 0.396 e. The second-order valence-corrected chi connectivity index (χ2v) is 7.23. The highest BCUT2D eigenvalue weighted by Crippen LogP contribution is 2.57. The molecule has 1 N–H and O–H groups in total. The van der Waals surface area contributed by atoms with E-state index in [1.807, 2.05) is 0 Å². The molecule has 6 heteroatoms. The number of unbranched alkanes of at least 4 members (excludes halogenated alkanes) is 1. The third kappa shape index (κ3) is 3.77. The van der Waals surface area contributed by atoms with Gasteiger partial charge in [0.2, 0.25) is 0 Å². The molecule has 0 aromatic rings. The van der Waals surface area contributed by atoms with Crippen molar-refractivity contribution in [2.45, 2.75) is 65.0 Å². The number of nitrogens with one attached hydrogen (secondary N) is 1. The molecule has 1 saturated heterocycles. The fourth-order valence-electron chi connectivity index (χ4n) is 4.19. The summed E-state index contributed by atoms with van der Waals surface area (Å²) in [5, 5.41) is 2.86. The van der Waals surface area contributed by atoms with Crippen LogP contribution in [0.15, 0.2) is 0 Å². The Kier molecular flexibility index (Phi) is 5.84. The van der Waals surface area contributed by atoms with Gasteiger partial charge in [0.15, 0.2) is 0 Å². The van der Waals surface area contributed by atoms with Crippen molar-refractivity contribution in [1.29, 1.82) is 0 Å². The van der Waals surface area contributed by atoms with Crippen LogP contribution in [0.2, 0.25) is 0 Å². The van der Waals surface area contributed by atoms with Crippen LogP contribution >= 0.6 is 0 Å². The van der Waals surface area contributed by atoms with Crippen LogP contribution in [0.1, 0.15) is 58.8 Å². The minimum absolute atomic E-state index is 0.166. The second kappa shape index (κ2) is 7.31. The maximum atomic E-state index is 13.5. The normalized spacial score (nSPS) is 28.7. The Morgan fingerprint density at radius 1 is 1.39 bits per heavy atom. The molecular formula is C17H29F3N2O.